The van der Waals surface area contributed by atoms with Crippen LogP contribution in [0.2, 0.25) is 5.02 Å². The van der Waals surface area contributed by atoms with E-state index in [9.17, 15) is 10.1 Å². The van der Waals surface area contributed by atoms with Crippen molar-refractivity contribution in [1.29, 1.82) is 5.26 Å². The van der Waals surface area contributed by atoms with Crippen molar-refractivity contribution in [3.63, 3.8) is 0 Å². The van der Waals surface area contributed by atoms with Gasteiger partial charge in [-0.2, -0.15) is 5.26 Å². The predicted molar refractivity (Wildman–Crippen MR) is 112 cm³/mol. The minimum atomic E-state index is -1.31. The molecule has 3 aromatic rings. The standard InChI is InChI=1S/C23H18ClN3O2/c1-29-19-10-7-16(8-11-19)14-27-21-12-9-18(24)13-20(21)23(15-25,26-22(27)28)17-5-3-2-4-6-17/h2-13H,14H2,1H3,(H,26,28). The first-order chi connectivity index (χ1) is 14.1. The van der Waals surface area contributed by atoms with Crippen LogP contribution in [0.4, 0.5) is 10.5 Å². The Morgan fingerprint density at radius 3 is 2.48 bits per heavy atom. The fourth-order valence-corrected chi connectivity index (χ4v) is 3.76. The summed E-state index contributed by atoms with van der Waals surface area (Å²) < 4.78 is 5.20. The second-order valence-electron chi connectivity index (χ2n) is 6.75. The average Bonchev–Trinajstić information content (AvgIpc) is 2.76. The first-order valence-electron chi connectivity index (χ1n) is 9.07. The molecule has 0 aromatic heterocycles. The summed E-state index contributed by atoms with van der Waals surface area (Å²) in [7, 11) is 1.61. The lowest BCUT2D eigenvalue weighted by Crippen LogP contribution is -2.56. The Hall–Kier alpha value is -3.49. The van der Waals surface area contributed by atoms with Crippen LogP contribution < -0.4 is 15.0 Å². The van der Waals surface area contributed by atoms with Gasteiger partial charge in [0, 0.05) is 10.6 Å². The summed E-state index contributed by atoms with van der Waals surface area (Å²) in [5.41, 5.74) is 1.61. The average molecular weight is 404 g/mol. The van der Waals surface area contributed by atoms with Crippen LogP contribution in [-0.2, 0) is 12.1 Å². The van der Waals surface area contributed by atoms with Crippen molar-refractivity contribution in [2.45, 2.75) is 12.1 Å². The van der Waals surface area contributed by atoms with Crippen molar-refractivity contribution in [2.75, 3.05) is 12.0 Å². The van der Waals surface area contributed by atoms with Crippen LogP contribution in [0, 0.1) is 11.3 Å². The van der Waals surface area contributed by atoms with Crippen molar-refractivity contribution in [3.8, 4) is 11.8 Å². The number of rotatable bonds is 4. The third kappa shape index (κ3) is 3.28. The lowest BCUT2D eigenvalue weighted by atomic mass is 9.81. The zero-order valence-electron chi connectivity index (χ0n) is 15.7. The number of carbonyl (C=O) groups is 1. The van der Waals surface area contributed by atoms with Crippen molar-refractivity contribution in [3.05, 3.63) is 94.5 Å². The molecule has 6 heteroatoms. The molecule has 0 radical (unpaired) electrons. The Bertz CT molecular complexity index is 1090. The highest BCUT2D eigenvalue weighted by atomic mass is 35.5. The summed E-state index contributed by atoms with van der Waals surface area (Å²) in [5, 5.41) is 13.6. The zero-order chi connectivity index (χ0) is 20.4. The number of nitriles is 1. The molecule has 2 amide bonds. The molecule has 1 atom stereocenters. The lowest BCUT2D eigenvalue weighted by Gasteiger charge is -2.40. The molecule has 5 nitrogen and oxygen atoms in total. The van der Waals surface area contributed by atoms with Crippen molar-refractivity contribution < 1.29 is 9.53 Å². The van der Waals surface area contributed by atoms with E-state index >= 15 is 0 Å². The van der Waals surface area contributed by atoms with Gasteiger partial charge in [-0.25, -0.2) is 4.79 Å². The van der Waals surface area contributed by atoms with Crippen molar-refractivity contribution in [2.24, 2.45) is 0 Å². The number of hydrogen-bond acceptors (Lipinski definition) is 3. The van der Waals surface area contributed by atoms with Crippen LogP contribution in [-0.4, -0.2) is 13.1 Å². The Morgan fingerprint density at radius 1 is 1.10 bits per heavy atom. The number of halogens is 1. The summed E-state index contributed by atoms with van der Waals surface area (Å²) in [6, 6.07) is 23.9. The molecule has 0 spiro atoms. The number of benzene rings is 3. The van der Waals surface area contributed by atoms with E-state index in [0.717, 1.165) is 11.3 Å². The van der Waals surface area contributed by atoms with E-state index in [0.29, 0.717) is 28.4 Å². The highest BCUT2D eigenvalue weighted by molar-refractivity contribution is 6.30. The molecular formula is C23H18ClN3O2. The largest absolute Gasteiger partial charge is 0.497 e. The van der Waals surface area contributed by atoms with E-state index in [1.165, 1.54) is 0 Å². The van der Waals surface area contributed by atoms with E-state index in [2.05, 4.69) is 11.4 Å². The van der Waals surface area contributed by atoms with Gasteiger partial charge in [0.15, 0.2) is 5.54 Å². The minimum absolute atomic E-state index is 0.346. The van der Waals surface area contributed by atoms with Crippen molar-refractivity contribution in [1.82, 2.24) is 5.32 Å². The van der Waals surface area contributed by atoms with Crippen LogP contribution in [0.3, 0.4) is 0 Å². The summed E-state index contributed by atoms with van der Waals surface area (Å²) >= 11 is 6.27. The monoisotopic (exact) mass is 403 g/mol. The molecule has 1 aliphatic rings. The van der Waals surface area contributed by atoms with Gasteiger partial charge in [-0.05, 0) is 41.5 Å². The zero-order valence-corrected chi connectivity index (χ0v) is 16.5. The van der Waals surface area contributed by atoms with Gasteiger partial charge in [-0.15, -0.1) is 0 Å². The Balaban J connectivity index is 1.82. The van der Waals surface area contributed by atoms with Crippen molar-refractivity contribution >= 4 is 23.3 Å². The van der Waals surface area contributed by atoms with Gasteiger partial charge in [0.05, 0.1) is 19.3 Å². The highest BCUT2D eigenvalue weighted by Crippen LogP contribution is 2.41. The van der Waals surface area contributed by atoms with E-state index < -0.39 is 5.54 Å². The highest BCUT2D eigenvalue weighted by Gasteiger charge is 2.44. The number of nitrogens with one attached hydrogen (secondary N) is 1. The molecule has 29 heavy (non-hydrogen) atoms. The first-order valence-corrected chi connectivity index (χ1v) is 9.44. The maximum absolute atomic E-state index is 13.1. The van der Waals surface area contributed by atoms with Crippen LogP contribution in [0.15, 0.2) is 72.8 Å². The van der Waals surface area contributed by atoms with Gasteiger partial charge in [0.1, 0.15) is 11.8 Å². The molecule has 1 unspecified atom stereocenters. The van der Waals surface area contributed by atoms with Crippen LogP contribution >= 0.6 is 11.6 Å². The molecule has 0 aliphatic carbocycles. The normalized spacial score (nSPS) is 17.8. The smallest absolute Gasteiger partial charge is 0.323 e. The van der Waals surface area contributed by atoms with E-state index in [-0.39, 0.29) is 6.03 Å². The Labute approximate surface area is 174 Å². The van der Waals surface area contributed by atoms with Gasteiger partial charge < -0.3 is 10.1 Å². The van der Waals surface area contributed by atoms with E-state index in [1.54, 1.807) is 30.2 Å². The molecule has 1 aliphatic heterocycles. The molecule has 1 heterocycles. The number of anilines is 1. The first kappa shape index (κ1) is 18.9. The fourth-order valence-electron chi connectivity index (χ4n) is 3.59. The Morgan fingerprint density at radius 2 is 1.83 bits per heavy atom. The van der Waals surface area contributed by atoms with Crippen LogP contribution in [0.25, 0.3) is 0 Å². The van der Waals surface area contributed by atoms with E-state index in [4.69, 9.17) is 16.3 Å². The molecule has 0 fully saturated rings. The second kappa shape index (κ2) is 7.50. The number of ether oxygens (including phenoxy) is 1. The van der Waals surface area contributed by atoms with Crippen LogP contribution in [0.5, 0.6) is 5.75 Å². The van der Waals surface area contributed by atoms with Crippen LogP contribution in [0.1, 0.15) is 16.7 Å². The predicted octanol–water partition coefficient (Wildman–Crippen LogP) is 4.85. The van der Waals surface area contributed by atoms with Gasteiger partial charge in [-0.1, -0.05) is 54.1 Å². The minimum Gasteiger partial charge on any atom is -0.497 e. The number of fused-ring (bicyclic) bond motifs is 1. The number of carbonyl (C=O) groups excluding carboxylic acids is 1. The maximum Gasteiger partial charge on any atom is 0.323 e. The van der Waals surface area contributed by atoms with Gasteiger partial charge in [0.2, 0.25) is 0 Å². The quantitative estimate of drug-likeness (QED) is 0.677. The molecule has 3 aromatic carbocycles. The molecule has 144 valence electrons. The molecule has 0 bridgehead atoms. The third-order valence-corrected chi connectivity index (χ3v) is 5.30. The molecule has 0 saturated heterocycles. The third-order valence-electron chi connectivity index (χ3n) is 5.07. The lowest BCUT2D eigenvalue weighted by molar-refractivity contribution is 0.238. The fraction of sp³-hybridized carbons (Fsp3) is 0.130. The number of urea groups is 1. The van der Waals surface area contributed by atoms with Gasteiger partial charge in [-0.3, -0.25) is 4.90 Å². The summed E-state index contributed by atoms with van der Waals surface area (Å²) in [5.74, 6) is 0.747. The van der Waals surface area contributed by atoms with Gasteiger partial charge >= 0.3 is 6.03 Å². The number of nitrogens with zero attached hydrogens (tertiary/aromatic N) is 2. The van der Waals surface area contributed by atoms with E-state index in [1.807, 2.05) is 54.6 Å². The molecule has 4 rings (SSSR count). The maximum atomic E-state index is 13.1. The number of methoxy groups -OCH3 is 1. The SMILES string of the molecule is COc1ccc(CN2C(=O)NC(C#N)(c3ccccc3)c3cc(Cl)ccc32)cc1. The summed E-state index contributed by atoms with van der Waals surface area (Å²) in [4.78, 5) is 14.7. The second-order valence-corrected chi connectivity index (χ2v) is 7.19. The number of amides is 2. The summed E-state index contributed by atoms with van der Waals surface area (Å²) in [6.45, 7) is 0.348. The number of hydrogen-bond donors (Lipinski definition) is 1. The summed E-state index contributed by atoms with van der Waals surface area (Å²) in [6.07, 6.45) is 0. The van der Waals surface area contributed by atoms with Gasteiger partial charge in [0.25, 0.3) is 0 Å². The molecular weight excluding hydrogens is 386 g/mol. The topological polar surface area (TPSA) is 65.4 Å². The molecule has 0 saturated carbocycles. The molecule has 1 N–H and O–H groups in total. The Kier molecular flexibility index (Phi) is 4.87.